The summed E-state index contributed by atoms with van der Waals surface area (Å²) >= 11 is 5.93. The first-order chi connectivity index (χ1) is 12.3. The minimum absolute atomic E-state index is 0.181. The molecule has 0 aromatic heterocycles. The van der Waals surface area contributed by atoms with Crippen molar-refractivity contribution in [2.75, 3.05) is 6.61 Å². The van der Waals surface area contributed by atoms with Crippen molar-refractivity contribution < 1.29 is 19.4 Å². The molecule has 0 saturated heterocycles. The van der Waals surface area contributed by atoms with Gasteiger partial charge in [-0.15, -0.1) is 0 Å². The molecule has 2 aromatic carbocycles. The van der Waals surface area contributed by atoms with Crippen LogP contribution in [0.15, 0.2) is 42.5 Å². The number of hydrogen-bond donors (Lipinski definition) is 3. The summed E-state index contributed by atoms with van der Waals surface area (Å²) in [4.78, 5) is 11.5. The Hall–Kier alpha value is -1.95. The van der Waals surface area contributed by atoms with Crippen LogP contribution in [0.4, 0.5) is 4.39 Å². The zero-order valence-electron chi connectivity index (χ0n) is 14.6. The van der Waals surface area contributed by atoms with Gasteiger partial charge in [0.1, 0.15) is 5.82 Å². The Morgan fingerprint density at radius 2 is 1.92 bits per heavy atom. The van der Waals surface area contributed by atoms with Crippen molar-refractivity contribution in [2.45, 2.75) is 32.2 Å². The molecule has 2 atom stereocenters. The average molecular weight is 380 g/mol. The van der Waals surface area contributed by atoms with E-state index in [1.807, 2.05) is 12.1 Å². The van der Waals surface area contributed by atoms with Gasteiger partial charge in [-0.2, -0.15) is 0 Å². The second kappa shape index (κ2) is 8.62. The molecule has 2 rings (SSSR count). The van der Waals surface area contributed by atoms with Gasteiger partial charge in [0, 0.05) is 16.6 Å². The summed E-state index contributed by atoms with van der Waals surface area (Å²) < 4.78 is 13.9. The van der Waals surface area contributed by atoms with Crippen LogP contribution >= 0.6 is 11.6 Å². The van der Waals surface area contributed by atoms with Crippen molar-refractivity contribution in [1.82, 2.24) is 0 Å². The molecule has 0 saturated carbocycles. The first-order valence-electron chi connectivity index (χ1n) is 8.45. The Morgan fingerprint density at radius 1 is 1.27 bits per heavy atom. The van der Waals surface area contributed by atoms with Gasteiger partial charge in [0.15, 0.2) is 0 Å². The Labute approximate surface area is 157 Å². The molecule has 0 aliphatic rings. The number of aliphatic hydroxyl groups is 1. The molecule has 4 N–H and O–H groups in total. The van der Waals surface area contributed by atoms with E-state index in [9.17, 15) is 19.4 Å². The van der Waals surface area contributed by atoms with Crippen molar-refractivity contribution in [3.8, 4) is 11.1 Å². The fourth-order valence-corrected chi connectivity index (χ4v) is 3.21. The molecule has 26 heavy (non-hydrogen) atoms. The standard InChI is InChI=1S/C20H23ClFNO3/c1-2-20(12-24,19(25)26)11-16(23)9-13-3-5-14(6-4-13)17-10-15(21)7-8-18(17)22/h3-8,10,16,24H,2,9,11-12,23H2,1H3,(H,25,26)/t16?,20-/m0/s1. The lowest BCUT2D eigenvalue weighted by Crippen LogP contribution is -2.41. The molecule has 4 nitrogen and oxygen atoms in total. The lowest BCUT2D eigenvalue weighted by Gasteiger charge is -2.28. The zero-order valence-corrected chi connectivity index (χ0v) is 15.3. The van der Waals surface area contributed by atoms with Crippen LogP contribution < -0.4 is 5.73 Å². The van der Waals surface area contributed by atoms with Crippen molar-refractivity contribution in [3.05, 3.63) is 58.9 Å². The average Bonchev–Trinajstić information content (AvgIpc) is 2.62. The highest BCUT2D eigenvalue weighted by Gasteiger charge is 2.37. The number of nitrogens with two attached hydrogens (primary N) is 1. The van der Waals surface area contributed by atoms with Crippen LogP contribution in [0.25, 0.3) is 11.1 Å². The number of benzene rings is 2. The maximum absolute atomic E-state index is 13.9. The van der Waals surface area contributed by atoms with Gasteiger partial charge < -0.3 is 15.9 Å². The largest absolute Gasteiger partial charge is 0.481 e. The summed E-state index contributed by atoms with van der Waals surface area (Å²) in [5, 5.41) is 19.3. The predicted molar refractivity (Wildman–Crippen MR) is 101 cm³/mol. The number of carboxylic acid groups (broad SMARTS) is 1. The quantitative estimate of drug-likeness (QED) is 0.650. The SMILES string of the molecule is CC[C@@](CO)(CC(N)Cc1ccc(-c2cc(Cl)ccc2F)cc1)C(=O)O. The Balaban J connectivity index is 2.11. The van der Waals surface area contributed by atoms with Crippen LogP contribution in [-0.4, -0.2) is 28.8 Å². The van der Waals surface area contributed by atoms with E-state index < -0.39 is 24.0 Å². The summed E-state index contributed by atoms with van der Waals surface area (Å²) in [5.41, 5.74) is 6.94. The molecule has 0 aliphatic carbocycles. The predicted octanol–water partition coefficient (Wildman–Crippen LogP) is 3.88. The Bertz CT molecular complexity index is 760. The van der Waals surface area contributed by atoms with Gasteiger partial charge in [-0.3, -0.25) is 4.79 Å². The van der Waals surface area contributed by atoms with Crippen LogP contribution in [0.3, 0.4) is 0 Å². The highest BCUT2D eigenvalue weighted by molar-refractivity contribution is 6.30. The maximum Gasteiger partial charge on any atom is 0.312 e. The van der Waals surface area contributed by atoms with E-state index in [2.05, 4.69) is 0 Å². The third-order valence-corrected chi connectivity index (χ3v) is 5.01. The van der Waals surface area contributed by atoms with Crippen LogP contribution in [0.1, 0.15) is 25.3 Å². The smallest absolute Gasteiger partial charge is 0.312 e. The molecule has 2 aromatic rings. The van der Waals surface area contributed by atoms with Gasteiger partial charge in [-0.05, 0) is 48.6 Å². The van der Waals surface area contributed by atoms with Gasteiger partial charge in [-0.1, -0.05) is 42.8 Å². The summed E-state index contributed by atoms with van der Waals surface area (Å²) in [5.74, 6) is -1.39. The number of aliphatic hydroxyl groups excluding tert-OH is 1. The third-order valence-electron chi connectivity index (χ3n) is 4.78. The molecule has 0 fully saturated rings. The van der Waals surface area contributed by atoms with Crippen LogP contribution in [0, 0.1) is 11.2 Å². The molecule has 0 radical (unpaired) electrons. The van der Waals surface area contributed by atoms with Crippen molar-refractivity contribution in [1.29, 1.82) is 0 Å². The van der Waals surface area contributed by atoms with Crippen LogP contribution in [0.5, 0.6) is 0 Å². The van der Waals surface area contributed by atoms with Crippen molar-refractivity contribution in [2.24, 2.45) is 11.1 Å². The number of carbonyl (C=O) groups is 1. The highest BCUT2D eigenvalue weighted by atomic mass is 35.5. The molecule has 0 aliphatic heterocycles. The molecule has 0 spiro atoms. The van der Waals surface area contributed by atoms with Gasteiger partial charge in [0.05, 0.1) is 12.0 Å². The molecular formula is C20H23ClFNO3. The summed E-state index contributed by atoms with van der Waals surface area (Å²) in [6.45, 7) is 1.28. The number of hydrogen-bond acceptors (Lipinski definition) is 3. The first-order valence-corrected chi connectivity index (χ1v) is 8.83. The van der Waals surface area contributed by atoms with E-state index in [1.54, 1.807) is 25.1 Å². The van der Waals surface area contributed by atoms with Crippen molar-refractivity contribution in [3.63, 3.8) is 0 Å². The van der Waals surface area contributed by atoms with Gasteiger partial charge in [0.2, 0.25) is 0 Å². The molecule has 140 valence electrons. The number of rotatable bonds is 8. The summed E-state index contributed by atoms with van der Waals surface area (Å²) in [6, 6.07) is 11.2. The maximum atomic E-state index is 13.9. The van der Waals surface area contributed by atoms with E-state index in [-0.39, 0.29) is 12.2 Å². The fourth-order valence-electron chi connectivity index (χ4n) is 3.04. The lowest BCUT2D eigenvalue weighted by atomic mass is 9.79. The molecule has 6 heteroatoms. The molecule has 1 unspecified atom stereocenters. The Kier molecular flexibility index (Phi) is 6.75. The van der Waals surface area contributed by atoms with E-state index in [1.165, 1.54) is 12.1 Å². The summed E-state index contributed by atoms with van der Waals surface area (Å²) in [6.07, 6.45) is 0.951. The van der Waals surface area contributed by atoms with E-state index in [4.69, 9.17) is 17.3 Å². The Morgan fingerprint density at radius 3 is 2.46 bits per heavy atom. The number of halogens is 2. The zero-order chi connectivity index (χ0) is 19.3. The lowest BCUT2D eigenvalue weighted by molar-refractivity contribution is -0.152. The number of carboxylic acids is 1. The summed E-state index contributed by atoms with van der Waals surface area (Å²) in [7, 11) is 0. The molecule has 0 heterocycles. The molecule has 0 amide bonds. The second-order valence-corrected chi connectivity index (χ2v) is 7.02. The minimum atomic E-state index is -1.22. The van der Waals surface area contributed by atoms with Crippen molar-refractivity contribution >= 4 is 17.6 Å². The first kappa shape index (κ1) is 20.4. The van der Waals surface area contributed by atoms with E-state index in [0.29, 0.717) is 29.0 Å². The topological polar surface area (TPSA) is 83.5 Å². The van der Waals surface area contributed by atoms with E-state index in [0.717, 1.165) is 5.56 Å². The fraction of sp³-hybridized carbons (Fsp3) is 0.350. The minimum Gasteiger partial charge on any atom is -0.481 e. The monoisotopic (exact) mass is 379 g/mol. The highest BCUT2D eigenvalue weighted by Crippen LogP contribution is 2.29. The van der Waals surface area contributed by atoms with Crippen LogP contribution in [0.2, 0.25) is 5.02 Å². The number of aliphatic carboxylic acids is 1. The second-order valence-electron chi connectivity index (χ2n) is 6.59. The van der Waals surface area contributed by atoms with Gasteiger partial charge >= 0.3 is 5.97 Å². The molecule has 0 bridgehead atoms. The third kappa shape index (κ3) is 4.61. The van der Waals surface area contributed by atoms with Gasteiger partial charge in [0.25, 0.3) is 0 Å². The normalized spacial score (nSPS) is 14.7. The van der Waals surface area contributed by atoms with Crippen LogP contribution in [-0.2, 0) is 11.2 Å². The molecular weight excluding hydrogens is 357 g/mol. The van der Waals surface area contributed by atoms with Gasteiger partial charge in [-0.25, -0.2) is 4.39 Å². The van der Waals surface area contributed by atoms with E-state index >= 15 is 0 Å².